The molecule has 18 heavy (non-hydrogen) atoms. The molecule has 0 heterocycles. The lowest BCUT2D eigenvalue weighted by atomic mass is 10.1. The molecule has 1 rings (SSSR count). The van der Waals surface area contributed by atoms with E-state index in [4.69, 9.17) is 10.5 Å². The number of rotatable bonds is 4. The molecule has 0 fully saturated rings. The molecule has 0 aliphatic carbocycles. The molecule has 2 N–H and O–H groups in total. The van der Waals surface area contributed by atoms with Crippen LogP contribution < -0.4 is 10.5 Å². The van der Waals surface area contributed by atoms with Gasteiger partial charge in [0.05, 0.1) is 19.1 Å². The van der Waals surface area contributed by atoms with Crippen LogP contribution in [0.2, 0.25) is 0 Å². The summed E-state index contributed by atoms with van der Waals surface area (Å²) in [5.41, 5.74) is 5.62. The van der Waals surface area contributed by atoms with Gasteiger partial charge in [0, 0.05) is 6.07 Å². The monoisotopic (exact) mass is 276 g/mol. The van der Waals surface area contributed by atoms with Gasteiger partial charge in [0.2, 0.25) is 0 Å². The van der Waals surface area contributed by atoms with Crippen LogP contribution in [-0.4, -0.2) is 25.1 Å². The average molecular weight is 277 g/mol. The molecule has 0 aliphatic heterocycles. The summed E-state index contributed by atoms with van der Waals surface area (Å²) in [6.45, 7) is 0. The summed E-state index contributed by atoms with van der Waals surface area (Å²) in [6, 6.07) is 3.01. The number of esters is 1. The van der Waals surface area contributed by atoms with Crippen LogP contribution in [0, 0.1) is 10.1 Å². The second kappa shape index (κ2) is 6.77. The van der Waals surface area contributed by atoms with Gasteiger partial charge in [-0.15, -0.1) is 12.4 Å². The Labute approximate surface area is 109 Å². The zero-order chi connectivity index (χ0) is 13.0. The molecule has 0 bridgehead atoms. The SMILES string of the molecule is COC(=O)[C@@H](N)c1ccc(OC)c([N+](=O)[O-])c1.Cl. The topological polar surface area (TPSA) is 105 Å². The van der Waals surface area contributed by atoms with Crippen LogP contribution in [0.4, 0.5) is 5.69 Å². The second-order valence-corrected chi connectivity index (χ2v) is 3.19. The van der Waals surface area contributed by atoms with E-state index in [-0.39, 0.29) is 23.8 Å². The predicted molar refractivity (Wildman–Crippen MR) is 65.8 cm³/mol. The Balaban J connectivity index is 0.00000289. The first-order chi connectivity index (χ1) is 8.01. The molecule has 0 radical (unpaired) electrons. The summed E-state index contributed by atoms with van der Waals surface area (Å²) in [6.07, 6.45) is 0. The van der Waals surface area contributed by atoms with E-state index in [2.05, 4.69) is 4.74 Å². The minimum Gasteiger partial charge on any atom is -0.490 e. The van der Waals surface area contributed by atoms with Gasteiger partial charge in [0.15, 0.2) is 5.75 Å². The van der Waals surface area contributed by atoms with Crippen molar-refractivity contribution in [3.05, 3.63) is 33.9 Å². The Morgan fingerprint density at radius 3 is 2.50 bits per heavy atom. The number of nitro groups is 1. The lowest BCUT2D eigenvalue weighted by molar-refractivity contribution is -0.385. The highest BCUT2D eigenvalue weighted by Gasteiger charge is 2.21. The normalized spacial score (nSPS) is 11.1. The Morgan fingerprint density at radius 2 is 2.06 bits per heavy atom. The molecule has 1 aromatic carbocycles. The fourth-order valence-electron chi connectivity index (χ4n) is 1.31. The largest absolute Gasteiger partial charge is 0.490 e. The lowest BCUT2D eigenvalue weighted by Gasteiger charge is -2.10. The molecule has 1 aromatic rings. The number of benzene rings is 1. The summed E-state index contributed by atoms with van der Waals surface area (Å²) in [5, 5.41) is 10.8. The predicted octanol–water partition coefficient (Wildman–Crippen LogP) is 1.20. The van der Waals surface area contributed by atoms with Gasteiger partial charge in [-0.3, -0.25) is 14.9 Å². The molecular weight excluding hydrogens is 264 g/mol. The van der Waals surface area contributed by atoms with Gasteiger partial charge in [-0.2, -0.15) is 0 Å². The second-order valence-electron chi connectivity index (χ2n) is 3.19. The molecule has 0 aromatic heterocycles. The van der Waals surface area contributed by atoms with Crippen LogP contribution in [0.3, 0.4) is 0 Å². The highest BCUT2D eigenvalue weighted by Crippen LogP contribution is 2.29. The van der Waals surface area contributed by atoms with Crippen molar-refractivity contribution in [1.82, 2.24) is 0 Å². The van der Waals surface area contributed by atoms with Crippen molar-refractivity contribution in [1.29, 1.82) is 0 Å². The van der Waals surface area contributed by atoms with E-state index in [1.165, 1.54) is 32.4 Å². The summed E-state index contributed by atoms with van der Waals surface area (Å²) in [7, 11) is 2.52. The smallest absolute Gasteiger partial charge is 0.327 e. The van der Waals surface area contributed by atoms with Gasteiger partial charge in [0.1, 0.15) is 6.04 Å². The van der Waals surface area contributed by atoms with E-state index >= 15 is 0 Å². The number of ether oxygens (including phenoxy) is 2. The zero-order valence-electron chi connectivity index (χ0n) is 9.78. The molecular formula is C10H13ClN2O5. The lowest BCUT2D eigenvalue weighted by Crippen LogP contribution is -2.22. The molecule has 0 saturated heterocycles. The third kappa shape index (κ3) is 3.31. The minimum absolute atomic E-state index is 0. The molecule has 0 saturated carbocycles. The molecule has 0 amide bonds. The molecule has 100 valence electrons. The van der Waals surface area contributed by atoms with Crippen molar-refractivity contribution in [2.75, 3.05) is 14.2 Å². The van der Waals surface area contributed by atoms with Gasteiger partial charge in [-0.05, 0) is 11.6 Å². The van der Waals surface area contributed by atoms with Crippen molar-refractivity contribution < 1.29 is 19.2 Å². The van der Waals surface area contributed by atoms with E-state index in [1.807, 2.05) is 0 Å². The molecule has 1 atom stereocenters. The van der Waals surface area contributed by atoms with Gasteiger partial charge < -0.3 is 15.2 Å². The van der Waals surface area contributed by atoms with Crippen molar-refractivity contribution in [3.8, 4) is 5.75 Å². The number of nitrogens with zero attached hydrogens (tertiary/aromatic N) is 1. The fraction of sp³-hybridized carbons (Fsp3) is 0.300. The number of nitro benzene ring substituents is 1. The van der Waals surface area contributed by atoms with Crippen molar-refractivity contribution >= 4 is 24.1 Å². The number of hydrogen-bond acceptors (Lipinski definition) is 6. The van der Waals surface area contributed by atoms with Gasteiger partial charge in [0.25, 0.3) is 0 Å². The summed E-state index contributed by atoms with van der Waals surface area (Å²) in [5.74, 6) is -0.555. The zero-order valence-corrected chi connectivity index (χ0v) is 10.6. The van der Waals surface area contributed by atoms with E-state index < -0.39 is 16.9 Å². The Morgan fingerprint density at radius 1 is 1.44 bits per heavy atom. The number of hydrogen-bond donors (Lipinski definition) is 1. The number of carbonyl (C=O) groups excluding carboxylic acids is 1. The first-order valence-electron chi connectivity index (χ1n) is 4.67. The third-order valence-electron chi connectivity index (χ3n) is 2.21. The highest BCUT2D eigenvalue weighted by molar-refractivity contribution is 5.85. The van der Waals surface area contributed by atoms with Crippen molar-refractivity contribution in [3.63, 3.8) is 0 Å². The summed E-state index contributed by atoms with van der Waals surface area (Å²) < 4.78 is 9.29. The number of nitrogens with two attached hydrogens (primary N) is 1. The Bertz CT molecular complexity index is 452. The van der Waals surface area contributed by atoms with Crippen LogP contribution in [-0.2, 0) is 9.53 Å². The number of carbonyl (C=O) groups is 1. The molecule has 0 spiro atoms. The summed E-state index contributed by atoms with van der Waals surface area (Å²) in [4.78, 5) is 21.4. The van der Waals surface area contributed by atoms with Crippen LogP contribution in [0.5, 0.6) is 5.75 Å². The van der Waals surface area contributed by atoms with Crippen LogP contribution in [0.1, 0.15) is 11.6 Å². The van der Waals surface area contributed by atoms with Crippen LogP contribution in [0.25, 0.3) is 0 Å². The number of halogens is 1. The van der Waals surface area contributed by atoms with Gasteiger partial charge in [-0.25, -0.2) is 0 Å². The maximum atomic E-state index is 11.2. The van der Waals surface area contributed by atoms with Crippen LogP contribution in [0.15, 0.2) is 18.2 Å². The third-order valence-corrected chi connectivity index (χ3v) is 2.21. The van der Waals surface area contributed by atoms with E-state index in [9.17, 15) is 14.9 Å². The first-order valence-corrected chi connectivity index (χ1v) is 4.67. The maximum absolute atomic E-state index is 11.2. The Kier molecular flexibility index (Phi) is 6.07. The molecule has 0 aliphatic rings. The standard InChI is InChI=1S/C10H12N2O5.ClH/c1-16-8-4-3-6(5-7(8)12(14)15)9(11)10(13)17-2;/h3-5,9H,11H2,1-2H3;1H/t9-;/m0./s1. The minimum atomic E-state index is -1.05. The maximum Gasteiger partial charge on any atom is 0.327 e. The van der Waals surface area contributed by atoms with Crippen LogP contribution >= 0.6 is 12.4 Å². The first kappa shape index (κ1) is 16.1. The Hall–Kier alpha value is -1.86. The van der Waals surface area contributed by atoms with Crippen molar-refractivity contribution in [2.45, 2.75) is 6.04 Å². The van der Waals surface area contributed by atoms with E-state index in [0.29, 0.717) is 5.56 Å². The fourth-order valence-corrected chi connectivity index (χ4v) is 1.31. The van der Waals surface area contributed by atoms with E-state index in [1.54, 1.807) is 0 Å². The summed E-state index contributed by atoms with van der Waals surface area (Å²) >= 11 is 0. The molecule has 8 heteroatoms. The van der Waals surface area contributed by atoms with E-state index in [0.717, 1.165) is 0 Å². The highest BCUT2D eigenvalue weighted by atomic mass is 35.5. The average Bonchev–Trinajstić information content (AvgIpc) is 2.35. The molecule has 0 unspecified atom stereocenters. The van der Waals surface area contributed by atoms with Crippen molar-refractivity contribution in [2.24, 2.45) is 5.73 Å². The quantitative estimate of drug-likeness (QED) is 0.503. The number of methoxy groups -OCH3 is 2. The van der Waals surface area contributed by atoms with Gasteiger partial charge >= 0.3 is 11.7 Å². The van der Waals surface area contributed by atoms with Gasteiger partial charge in [-0.1, -0.05) is 6.07 Å². The molecule has 7 nitrogen and oxygen atoms in total.